The molecule has 5 nitrogen and oxygen atoms in total. The minimum absolute atomic E-state index is 0.164. The number of ether oxygens (including phenoxy) is 1. The lowest BCUT2D eigenvalue weighted by molar-refractivity contribution is -0.137. The van der Waals surface area contributed by atoms with Crippen molar-refractivity contribution in [1.82, 2.24) is 9.78 Å². The predicted molar refractivity (Wildman–Crippen MR) is 71.1 cm³/mol. The van der Waals surface area contributed by atoms with Crippen LogP contribution < -0.4 is 4.74 Å². The normalized spacial score (nSPS) is 10.4. The summed E-state index contributed by atoms with van der Waals surface area (Å²) in [5.74, 6) is 0.0418. The number of carboxylic acid groups (broad SMARTS) is 1. The Balaban J connectivity index is 2.01. The third-order valence-electron chi connectivity index (χ3n) is 2.83. The Labute approximate surface area is 111 Å². The molecule has 0 atom stereocenters. The van der Waals surface area contributed by atoms with Gasteiger partial charge >= 0.3 is 5.97 Å². The summed E-state index contributed by atoms with van der Waals surface area (Å²) in [6.45, 7) is 0.614. The second-order valence-electron chi connectivity index (χ2n) is 4.22. The van der Waals surface area contributed by atoms with E-state index >= 15 is 0 Å². The van der Waals surface area contributed by atoms with E-state index < -0.39 is 5.97 Å². The largest absolute Gasteiger partial charge is 0.497 e. The average molecular weight is 260 g/mol. The van der Waals surface area contributed by atoms with Crippen LogP contribution in [0.15, 0.2) is 36.7 Å². The molecule has 1 aromatic carbocycles. The summed E-state index contributed by atoms with van der Waals surface area (Å²) in [5.41, 5.74) is 2.07. The minimum Gasteiger partial charge on any atom is -0.497 e. The Morgan fingerprint density at radius 2 is 2.05 bits per heavy atom. The van der Waals surface area contributed by atoms with E-state index in [4.69, 9.17) is 9.84 Å². The molecule has 0 aliphatic carbocycles. The van der Waals surface area contributed by atoms with Crippen molar-refractivity contribution >= 4 is 5.97 Å². The number of aliphatic carboxylic acids is 1. The van der Waals surface area contributed by atoms with Crippen molar-refractivity contribution in [3.63, 3.8) is 0 Å². The molecule has 0 radical (unpaired) electrons. The maximum Gasteiger partial charge on any atom is 0.303 e. The molecule has 1 N–H and O–H groups in total. The zero-order valence-electron chi connectivity index (χ0n) is 10.7. The van der Waals surface area contributed by atoms with Gasteiger partial charge in [0.05, 0.1) is 13.3 Å². The highest BCUT2D eigenvalue weighted by Gasteiger charge is 2.03. The summed E-state index contributed by atoms with van der Waals surface area (Å²) < 4.78 is 6.88. The van der Waals surface area contributed by atoms with Crippen molar-refractivity contribution in [3.8, 4) is 16.9 Å². The fourth-order valence-electron chi connectivity index (χ4n) is 1.81. The van der Waals surface area contributed by atoms with Crippen LogP contribution in [-0.2, 0) is 11.3 Å². The zero-order chi connectivity index (χ0) is 13.7. The van der Waals surface area contributed by atoms with Crippen LogP contribution in [0, 0.1) is 0 Å². The second-order valence-corrected chi connectivity index (χ2v) is 4.22. The van der Waals surface area contributed by atoms with Crippen molar-refractivity contribution in [3.05, 3.63) is 36.7 Å². The summed E-state index contributed by atoms with van der Waals surface area (Å²) in [4.78, 5) is 10.4. The molecular weight excluding hydrogens is 244 g/mol. The van der Waals surface area contributed by atoms with Gasteiger partial charge in [-0.3, -0.25) is 9.48 Å². The first-order valence-electron chi connectivity index (χ1n) is 6.07. The van der Waals surface area contributed by atoms with Gasteiger partial charge in [0.15, 0.2) is 0 Å². The molecule has 2 aromatic rings. The molecule has 1 heterocycles. The molecule has 0 spiro atoms. The fourth-order valence-corrected chi connectivity index (χ4v) is 1.81. The van der Waals surface area contributed by atoms with E-state index in [-0.39, 0.29) is 6.42 Å². The van der Waals surface area contributed by atoms with E-state index in [1.807, 2.05) is 30.5 Å². The number of aryl methyl sites for hydroxylation is 1. The number of carboxylic acids is 1. The monoisotopic (exact) mass is 260 g/mol. The third-order valence-corrected chi connectivity index (χ3v) is 2.83. The lowest BCUT2D eigenvalue weighted by atomic mass is 10.1. The Kier molecular flexibility index (Phi) is 4.18. The number of benzene rings is 1. The lowest BCUT2D eigenvalue weighted by Gasteiger charge is -2.01. The van der Waals surface area contributed by atoms with E-state index in [9.17, 15) is 4.79 Å². The first-order chi connectivity index (χ1) is 9.19. The first-order valence-corrected chi connectivity index (χ1v) is 6.07. The Morgan fingerprint density at radius 3 is 2.68 bits per heavy atom. The highest BCUT2D eigenvalue weighted by Crippen LogP contribution is 2.21. The van der Waals surface area contributed by atoms with Crippen LogP contribution in [0.1, 0.15) is 12.8 Å². The van der Waals surface area contributed by atoms with E-state index in [2.05, 4.69) is 5.10 Å². The highest BCUT2D eigenvalue weighted by molar-refractivity contribution is 5.66. The van der Waals surface area contributed by atoms with E-state index in [0.29, 0.717) is 13.0 Å². The molecular formula is C14H16N2O3. The number of methoxy groups -OCH3 is 1. The van der Waals surface area contributed by atoms with E-state index in [1.54, 1.807) is 18.0 Å². The summed E-state index contributed by atoms with van der Waals surface area (Å²) in [6, 6.07) is 7.74. The van der Waals surface area contributed by atoms with Crippen molar-refractivity contribution in [2.75, 3.05) is 7.11 Å². The van der Waals surface area contributed by atoms with Gasteiger partial charge in [-0.15, -0.1) is 0 Å². The molecule has 0 amide bonds. The zero-order valence-corrected chi connectivity index (χ0v) is 10.7. The lowest BCUT2D eigenvalue weighted by Crippen LogP contribution is -2.01. The van der Waals surface area contributed by atoms with Crippen LogP contribution in [0.25, 0.3) is 11.1 Å². The van der Waals surface area contributed by atoms with Crippen molar-refractivity contribution in [2.45, 2.75) is 19.4 Å². The Bertz CT molecular complexity index is 546. The molecule has 0 bridgehead atoms. The molecule has 2 rings (SSSR count). The first kappa shape index (κ1) is 13.1. The number of carbonyl (C=O) groups is 1. The van der Waals surface area contributed by atoms with Crippen molar-refractivity contribution in [1.29, 1.82) is 0 Å². The van der Waals surface area contributed by atoms with Crippen molar-refractivity contribution < 1.29 is 14.6 Å². The van der Waals surface area contributed by atoms with Gasteiger partial charge in [-0.25, -0.2) is 0 Å². The molecule has 0 aliphatic rings. The second kappa shape index (κ2) is 6.04. The molecule has 0 fully saturated rings. The molecule has 0 aliphatic heterocycles. The van der Waals surface area contributed by atoms with Crippen LogP contribution in [0.2, 0.25) is 0 Å². The predicted octanol–water partition coefficient (Wildman–Crippen LogP) is 2.42. The SMILES string of the molecule is COc1ccc(-c2cnn(CCCC(=O)O)c2)cc1. The van der Waals surface area contributed by atoms with Gasteiger partial charge in [-0.1, -0.05) is 12.1 Å². The van der Waals surface area contributed by atoms with Crippen LogP contribution in [-0.4, -0.2) is 28.0 Å². The summed E-state index contributed by atoms with van der Waals surface area (Å²) >= 11 is 0. The summed E-state index contributed by atoms with van der Waals surface area (Å²) in [7, 11) is 1.63. The summed E-state index contributed by atoms with van der Waals surface area (Å²) in [6.07, 6.45) is 4.45. The molecule has 0 unspecified atom stereocenters. The Hall–Kier alpha value is -2.30. The minimum atomic E-state index is -0.775. The number of hydrogen-bond donors (Lipinski definition) is 1. The molecule has 19 heavy (non-hydrogen) atoms. The van der Waals surface area contributed by atoms with Gasteiger partial charge in [0.2, 0.25) is 0 Å². The van der Waals surface area contributed by atoms with E-state index in [1.165, 1.54) is 0 Å². The molecule has 1 aromatic heterocycles. The maximum atomic E-state index is 10.4. The van der Waals surface area contributed by atoms with Gasteiger partial charge < -0.3 is 9.84 Å². The van der Waals surface area contributed by atoms with Crippen LogP contribution in [0.3, 0.4) is 0 Å². The Morgan fingerprint density at radius 1 is 1.32 bits per heavy atom. The maximum absolute atomic E-state index is 10.4. The number of aromatic nitrogens is 2. The van der Waals surface area contributed by atoms with Crippen LogP contribution >= 0.6 is 0 Å². The summed E-state index contributed by atoms with van der Waals surface area (Å²) in [5, 5.41) is 12.8. The number of hydrogen-bond acceptors (Lipinski definition) is 3. The third kappa shape index (κ3) is 3.58. The fraction of sp³-hybridized carbons (Fsp3) is 0.286. The van der Waals surface area contributed by atoms with Gasteiger partial charge in [0.1, 0.15) is 5.75 Å². The smallest absolute Gasteiger partial charge is 0.303 e. The number of nitrogens with zero attached hydrogens (tertiary/aromatic N) is 2. The highest BCUT2D eigenvalue weighted by atomic mass is 16.5. The topological polar surface area (TPSA) is 64.4 Å². The van der Waals surface area contributed by atoms with E-state index in [0.717, 1.165) is 16.9 Å². The van der Waals surface area contributed by atoms with Crippen LogP contribution in [0.4, 0.5) is 0 Å². The number of rotatable bonds is 6. The van der Waals surface area contributed by atoms with Gasteiger partial charge in [-0.05, 0) is 24.1 Å². The molecule has 0 saturated carbocycles. The molecule has 0 saturated heterocycles. The molecule has 100 valence electrons. The molecule has 5 heteroatoms. The quantitative estimate of drug-likeness (QED) is 0.866. The van der Waals surface area contributed by atoms with Crippen molar-refractivity contribution in [2.24, 2.45) is 0 Å². The standard InChI is InChI=1S/C14H16N2O3/c1-19-13-6-4-11(5-7-13)12-9-15-16(10-12)8-2-3-14(17)18/h4-7,9-10H,2-3,8H2,1H3,(H,17,18). The van der Waals surface area contributed by atoms with Crippen LogP contribution in [0.5, 0.6) is 5.75 Å². The average Bonchev–Trinajstić information content (AvgIpc) is 2.87. The van der Waals surface area contributed by atoms with Gasteiger partial charge in [0, 0.05) is 24.7 Å². The van der Waals surface area contributed by atoms with Gasteiger partial charge in [0.25, 0.3) is 0 Å². The van der Waals surface area contributed by atoms with Gasteiger partial charge in [-0.2, -0.15) is 5.10 Å².